The van der Waals surface area contributed by atoms with Crippen LogP contribution in [0.3, 0.4) is 0 Å². The number of aromatic nitrogens is 1. The molecule has 3 N–H and O–H groups in total. The number of pyridine rings is 1. The highest BCUT2D eigenvalue weighted by Crippen LogP contribution is 2.31. The van der Waals surface area contributed by atoms with Gasteiger partial charge in [0.1, 0.15) is 11.3 Å². The van der Waals surface area contributed by atoms with E-state index in [2.05, 4.69) is 20.2 Å². The van der Waals surface area contributed by atoms with Crippen molar-refractivity contribution in [3.05, 3.63) is 102 Å². The molecule has 4 aromatic carbocycles. The van der Waals surface area contributed by atoms with Crippen LogP contribution < -0.4 is 15.0 Å². The summed E-state index contributed by atoms with van der Waals surface area (Å²) in [7, 11) is -0.0845. The summed E-state index contributed by atoms with van der Waals surface area (Å²) in [6.07, 6.45) is 1.37. The van der Waals surface area contributed by atoms with Crippen molar-refractivity contribution >= 4 is 55.2 Å². The largest absolute Gasteiger partial charge is 0.506 e. The maximum atomic E-state index is 13.2. The molecule has 0 aliphatic carbocycles. The van der Waals surface area contributed by atoms with Crippen molar-refractivity contribution in [2.75, 3.05) is 23.7 Å². The molecule has 0 unspecified atom stereocenters. The summed E-state index contributed by atoms with van der Waals surface area (Å²) in [6.45, 7) is 0. The van der Waals surface area contributed by atoms with Gasteiger partial charge in [0.15, 0.2) is 0 Å². The zero-order valence-corrected chi connectivity index (χ0v) is 22.0. The number of anilines is 2. The van der Waals surface area contributed by atoms with Crippen molar-refractivity contribution < 1.29 is 18.3 Å². The number of para-hydroxylation sites is 1. The number of phenols is 1. The number of carbonyl (C=O) groups excluding carboxylic acids is 1. The Bertz CT molecular complexity index is 1840. The Labute approximate surface area is 225 Å². The van der Waals surface area contributed by atoms with Crippen molar-refractivity contribution in [2.24, 2.45) is 5.10 Å². The molecule has 1 heterocycles. The SMILES string of the molecule is CN(C)c1cccc2c(S(=O)(=O)Nc3ccc(C(=O)NN=Cc4ccc5cccc(O)c5n4)cc3)cccc12. The number of aromatic hydroxyl groups is 1. The molecule has 0 bridgehead atoms. The molecule has 1 aromatic heterocycles. The van der Waals surface area contributed by atoms with Crippen LogP contribution in [0.4, 0.5) is 11.4 Å². The Hall–Kier alpha value is -4.96. The molecule has 9 nitrogen and oxygen atoms in total. The zero-order chi connectivity index (χ0) is 27.6. The number of hydrazone groups is 1. The van der Waals surface area contributed by atoms with E-state index in [1.165, 1.54) is 30.5 Å². The lowest BCUT2D eigenvalue weighted by Crippen LogP contribution is -2.18. The van der Waals surface area contributed by atoms with Gasteiger partial charge >= 0.3 is 0 Å². The topological polar surface area (TPSA) is 124 Å². The molecule has 0 saturated carbocycles. The number of rotatable bonds is 7. The number of carbonyl (C=O) groups is 1. The zero-order valence-electron chi connectivity index (χ0n) is 21.2. The molecule has 0 aliphatic rings. The molecule has 10 heteroatoms. The summed E-state index contributed by atoms with van der Waals surface area (Å²) < 4.78 is 29.1. The van der Waals surface area contributed by atoms with E-state index in [1.807, 2.05) is 43.3 Å². The van der Waals surface area contributed by atoms with Gasteiger partial charge < -0.3 is 10.0 Å². The Balaban J connectivity index is 1.29. The fourth-order valence-electron chi connectivity index (χ4n) is 4.23. The van der Waals surface area contributed by atoms with Crippen LogP contribution >= 0.6 is 0 Å². The van der Waals surface area contributed by atoms with Crippen LogP contribution in [-0.2, 0) is 10.0 Å². The van der Waals surface area contributed by atoms with Crippen molar-refractivity contribution in [1.29, 1.82) is 0 Å². The van der Waals surface area contributed by atoms with Gasteiger partial charge in [-0.05, 0) is 48.5 Å². The Kier molecular flexibility index (Phi) is 6.86. The molecule has 0 saturated heterocycles. The van der Waals surface area contributed by atoms with Crippen LogP contribution in [0.1, 0.15) is 16.1 Å². The number of sulfonamides is 1. The van der Waals surface area contributed by atoms with Gasteiger partial charge in [-0.25, -0.2) is 18.8 Å². The summed E-state index contributed by atoms with van der Waals surface area (Å²) in [5, 5.41) is 16.1. The third-order valence-corrected chi connectivity index (χ3v) is 7.55. The number of phenolic OH excluding ortho intramolecular Hbond substituents is 1. The van der Waals surface area contributed by atoms with E-state index in [0.29, 0.717) is 27.8 Å². The van der Waals surface area contributed by atoms with E-state index in [1.54, 1.807) is 42.5 Å². The standard InChI is InChI=1S/C29H25N5O4S/c1-34(2)25-9-4-8-24-23(25)7-5-11-27(24)39(37,38)33-21-15-13-20(14-16-21)29(36)32-30-18-22-17-12-19-6-3-10-26(35)28(19)31-22/h3-18,33,35H,1-2H3,(H,32,36). The highest BCUT2D eigenvalue weighted by molar-refractivity contribution is 7.93. The van der Waals surface area contributed by atoms with Gasteiger partial charge in [-0.1, -0.05) is 42.5 Å². The summed E-state index contributed by atoms with van der Waals surface area (Å²) >= 11 is 0. The first-order valence-electron chi connectivity index (χ1n) is 12.0. The quantitative estimate of drug-likeness (QED) is 0.203. The molecule has 0 spiro atoms. The smallest absolute Gasteiger partial charge is 0.271 e. The summed E-state index contributed by atoms with van der Waals surface area (Å²) in [5.74, 6) is -0.421. The van der Waals surface area contributed by atoms with Crippen molar-refractivity contribution in [2.45, 2.75) is 4.90 Å². The summed E-state index contributed by atoms with van der Waals surface area (Å²) in [5.41, 5.74) is 4.84. The summed E-state index contributed by atoms with van der Waals surface area (Å²) in [6, 6.07) is 25.4. The van der Waals surface area contributed by atoms with Crippen LogP contribution in [0.5, 0.6) is 5.75 Å². The molecule has 5 aromatic rings. The number of fused-ring (bicyclic) bond motifs is 2. The van der Waals surface area contributed by atoms with Gasteiger partial charge in [-0.2, -0.15) is 5.10 Å². The average molecular weight is 540 g/mol. The van der Waals surface area contributed by atoms with Crippen LogP contribution in [0, 0.1) is 0 Å². The van der Waals surface area contributed by atoms with Crippen molar-refractivity contribution in [1.82, 2.24) is 10.4 Å². The second-order valence-corrected chi connectivity index (χ2v) is 10.6. The third kappa shape index (κ3) is 5.36. The lowest BCUT2D eigenvalue weighted by Gasteiger charge is -2.17. The summed E-state index contributed by atoms with van der Waals surface area (Å²) in [4.78, 5) is 19.0. The molecule has 0 fully saturated rings. The normalized spacial score (nSPS) is 11.6. The van der Waals surface area contributed by atoms with Gasteiger partial charge in [0.2, 0.25) is 0 Å². The molecular weight excluding hydrogens is 514 g/mol. The predicted molar refractivity (Wildman–Crippen MR) is 154 cm³/mol. The van der Waals surface area contributed by atoms with Crippen molar-refractivity contribution in [3.63, 3.8) is 0 Å². The molecule has 0 atom stereocenters. The second-order valence-electron chi connectivity index (χ2n) is 8.99. The van der Waals surface area contributed by atoms with E-state index in [-0.39, 0.29) is 10.6 Å². The van der Waals surface area contributed by atoms with Crippen molar-refractivity contribution in [3.8, 4) is 5.75 Å². The van der Waals surface area contributed by atoms with Gasteiger partial charge in [0, 0.05) is 47.2 Å². The molecular formula is C29H25N5O4S. The third-order valence-electron chi connectivity index (χ3n) is 6.11. The molecule has 5 rings (SSSR count). The Morgan fingerprint density at radius 2 is 1.62 bits per heavy atom. The first kappa shape index (κ1) is 25.7. The maximum absolute atomic E-state index is 13.2. The van der Waals surface area contributed by atoms with Crippen LogP contribution in [0.15, 0.2) is 101 Å². The minimum atomic E-state index is -3.90. The molecule has 39 heavy (non-hydrogen) atoms. The van der Waals surface area contributed by atoms with Gasteiger partial charge in [-0.3, -0.25) is 9.52 Å². The lowest BCUT2D eigenvalue weighted by molar-refractivity contribution is 0.0955. The highest BCUT2D eigenvalue weighted by atomic mass is 32.2. The van der Waals surface area contributed by atoms with Crippen LogP contribution in [-0.4, -0.2) is 44.7 Å². The number of benzene rings is 4. The highest BCUT2D eigenvalue weighted by Gasteiger charge is 2.19. The van der Waals surface area contributed by atoms with Crippen LogP contribution in [0.2, 0.25) is 0 Å². The Morgan fingerprint density at radius 1 is 0.897 bits per heavy atom. The number of hydrogen-bond donors (Lipinski definition) is 3. The fraction of sp³-hybridized carbons (Fsp3) is 0.0690. The number of nitrogens with one attached hydrogen (secondary N) is 2. The molecule has 1 amide bonds. The molecule has 196 valence electrons. The predicted octanol–water partition coefficient (Wildman–Crippen LogP) is 4.72. The average Bonchev–Trinajstić information content (AvgIpc) is 2.93. The van der Waals surface area contributed by atoms with E-state index < -0.39 is 15.9 Å². The monoisotopic (exact) mass is 539 g/mol. The van der Waals surface area contributed by atoms with E-state index in [0.717, 1.165) is 16.5 Å². The van der Waals surface area contributed by atoms with Gasteiger partial charge in [-0.15, -0.1) is 0 Å². The van der Waals surface area contributed by atoms with E-state index >= 15 is 0 Å². The minimum Gasteiger partial charge on any atom is -0.506 e. The van der Waals surface area contributed by atoms with Gasteiger partial charge in [0.05, 0.1) is 16.8 Å². The van der Waals surface area contributed by atoms with Crippen LogP contribution in [0.25, 0.3) is 21.7 Å². The fourth-order valence-corrected chi connectivity index (χ4v) is 5.51. The first-order valence-corrected chi connectivity index (χ1v) is 13.5. The number of hydrogen-bond acceptors (Lipinski definition) is 7. The number of nitrogens with zero attached hydrogens (tertiary/aromatic N) is 3. The first-order chi connectivity index (χ1) is 18.7. The lowest BCUT2D eigenvalue weighted by atomic mass is 10.1. The Morgan fingerprint density at radius 3 is 2.38 bits per heavy atom. The van der Waals surface area contributed by atoms with Gasteiger partial charge in [0.25, 0.3) is 15.9 Å². The number of amides is 1. The van der Waals surface area contributed by atoms with E-state index in [4.69, 9.17) is 0 Å². The second kappa shape index (κ2) is 10.4. The molecule has 0 radical (unpaired) electrons. The molecule has 0 aliphatic heterocycles. The minimum absolute atomic E-state index is 0.0567. The van der Waals surface area contributed by atoms with E-state index in [9.17, 15) is 18.3 Å². The maximum Gasteiger partial charge on any atom is 0.271 e.